The molecule has 0 spiro atoms. The van der Waals surface area contributed by atoms with E-state index in [2.05, 4.69) is 24.2 Å². The molecule has 0 aliphatic heterocycles. The maximum atomic E-state index is 5.24. The van der Waals surface area contributed by atoms with Gasteiger partial charge in [-0.1, -0.05) is 19.8 Å². The first-order valence-electron chi connectivity index (χ1n) is 6.24. The first-order valence-corrected chi connectivity index (χ1v) is 6.24. The highest BCUT2D eigenvalue weighted by atomic mass is 16.3. The standard InChI is InChI=1S/C13H24N2O/c1-3-4-5-9-15(2)10-8-14-12-13-7-6-11-16-13/h6-7,11,14H,3-5,8-10,12H2,1-2H3. The lowest BCUT2D eigenvalue weighted by atomic mass is 10.2. The molecule has 3 heteroatoms. The average molecular weight is 224 g/mol. The fourth-order valence-corrected chi connectivity index (χ4v) is 1.64. The number of hydrogen-bond acceptors (Lipinski definition) is 3. The van der Waals surface area contributed by atoms with E-state index in [1.54, 1.807) is 6.26 Å². The largest absolute Gasteiger partial charge is 0.468 e. The van der Waals surface area contributed by atoms with E-state index in [9.17, 15) is 0 Å². The maximum Gasteiger partial charge on any atom is 0.117 e. The normalized spacial score (nSPS) is 11.2. The van der Waals surface area contributed by atoms with Crippen molar-refractivity contribution in [3.63, 3.8) is 0 Å². The monoisotopic (exact) mass is 224 g/mol. The number of likely N-dealkylation sites (N-methyl/N-ethyl adjacent to an activating group) is 1. The SMILES string of the molecule is CCCCCN(C)CCNCc1ccco1. The second-order valence-corrected chi connectivity index (χ2v) is 4.27. The zero-order chi connectivity index (χ0) is 11.6. The lowest BCUT2D eigenvalue weighted by Crippen LogP contribution is -2.29. The van der Waals surface area contributed by atoms with Crippen LogP contribution >= 0.6 is 0 Å². The molecule has 0 aromatic carbocycles. The van der Waals surface area contributed by atoms with E-state index in [1.165, 1.54) is 25.8 Å². The lowest BCUT2D eigenvalue weighted by Gasteiger charge is -2.16. The van der Waals surface area contributed by atoms with Crippen molar-refractivity contribution in [2.75, 3.05) is 26.7 Å². The minimum atomic E-state index is 0.829. The first kappa shape index (κ1) is 13.3. The van der Waals surface area contributed by atoms with Crippen LogP contribution in [0.5, 0.6) is 0 Å². The molecule has 0 radical (unpaired) electrons. The molecule has 0 atom stereocenters. The summed E-state index contributed by atoms with van der Waals surface area (Å²) in [6.07, 6.45) is 5.66. The quantitative estimate of drug-likeness (QED) is 0.653. The molecule has 0 aliphatic carbocycles. The van der Waals surface area contributed by atoms with Gasteiger partial charge in [0.15, 0.2) is 0 Å². The van der Waals surface area contributed by atoms with Gasteiger partial charge in [0.1, 0.15) is 5.76 Å². The Morgan fingerprint density at radius 2 is 2.19 bits per heavy atom. The highest BCUT2D eigenvalue weighted by Gasteiger charge is 1.98. The van der Waals surface area contributed by atoms with Crippen molar-refractivity contribution >= 4 is 0 Å². The van der Waals surface area contributed by atoms with Crippen LogP contribution in [0.15, 0.2) is 22.8 Å². The zero-order valence-electron chi connectivity index (χ0n) is 10.5. The summed E-state index contributed by atoms with van der Waals surface area (Å²) in [6.45, 7) is 6.39. The summed E-state index contributed by atoms with van der Waals surface area (Å²) in [7, 11) is 2.18. The highest BCUT2D eigenvalue weighted by Crippen LogP contribution is 1.98. The minimum absolute atomic E-state index is 0.829. The predicted octanol–water partition coefficient (Wildman–Crippen LogP) is 2.49. The summed E-state index contributed by atoms with van der Waals surface area (Å²) in [5.74, 6) is 1.01. The topological polar surface area (TPSA) is 28.4 Å². The molecule has 1 aromatic heterocycles. The Morgan fingerprint density at radius 1 is 1.31 bits per heavy atom. The highest BCUT2D eigenvalue weighted by molar-refractivity contribution is 4.97. The Morgan fingerprint density at radius 3 is 2.88 bits per heavy atom. The number of unbranched alkanes of at least 4 members (excludes halogenated alkanes) is 2. The molecule has 1 N–H and O–H groups in total. The van der Waals surface area contributed by atoms with Crippen LogP contribution in [0, 0.1) is 0 Å². The Kier molecular flexibility index (Phi) is 6.93. The van der Waals surface area contributed by atoms with Gasteiger partial charge in [0.25, 0.3) is 0 Å². The molecule has 1 heterocycles. The summed E-state index contributed by atoms with van der Waals surface area (Å²) >= 11 is 0. The predicted molar refractivity (Wildman–Crippen MR) is 67.4 cm³/mol. The van der Waals surface area contributed by atoms with Crippen molar-refractivity contribution < 1.29 is 4.42 Å². The number of rotatable bonds is 9. The van der Waals surface area contributed by atoms with Crippen LogP contribution in [0.4, 0.5) is 0 Å². The second kappa shape index (κ2) is 8.36. The van der Waals surface area contributed by atoms with E-state index in [1.807, 2.05) is 12.1 Å². The molecule has 0 saturated carbocycles. The summed E-state index contributed by atoms with van der Waals surface area (Å²) < 4.78 is 5.24. The van der Waals surface area contributed by atoms with Gasteiger partial charge in [-0.2, -0.15) is 0 Å². The molecule has 0 saturated heterocycles. The third-order valence-corrected chi connectivity index (χ3v) is 2.69. The van der Waals surface area contributed by atoms with Crippen LogP contribution in [0.25, 0.3) is 0 Å². The van der Waals surface area contributed by atoms with E-state index < -0.39 is 0 Å². The molecule has 0 bridgehead atoms. The molecular formula is C13H24N2O. The van der Waals surface area contributed by atoms with Crippen LogP contribution in [0.3, 0.4) is 0 Å². The summed E-state index contributed by atoms with van der Waals surface area (Å²) in [5, 5.41) is 3.37. The Hall–Kier alpha value is -0.800. The smallest absolute Gasteiger partial charge is 0.117 e. The van der Waals surface area contributed by atoms with Crippen LogP contribution in [-0.2, 0) is 6.54 Å². The molecular weight excluding hydrogens is 200 g/mol. The van der Waals surface area contributed by atoms with Crippen LogP contribution in [0.2, 0.25) is 0 Å². The fourth-order valence-electron chi connectivity index (χ4n) is 1.64. The van der Waals surface area contributed by atoms with Crippen molar-refractivity contribution in [3.8, 4) is 0 Å². The van der Waals surface area contributed by atoms with Gasteiger partial charge in [-0.15, -0.1) is 0 Å². The molecule has 0 aliphatic rings. The van der Waals surface area contributed by atoms with E-state index in [4.69, 9.17) is 4.42 Å². The summed E-state index contributed by atoms with van der Waals surface area (Å²) in [4.78, 5) is 2.38. The maximum absolute atomic E-state index is 5.24. The van der Waals surface area contributed by atoms with E-state index in [-0.39, 0.29) is 0 Å². The fraction of sp³-hybridized carbons (Fsp3) is 0.692. The average Bonchev–Trinajstić information content (AvgIpc) is 2.78. The van der Waals surface area contributed by atoms with Crippen molar-refractivity contribution in [1.29, 1.82) is 0 Å². The summed E-state index contributed by atoms with van der Waals surface area (Å²) in [5.41, 5.74) is 0. The Bertz CT molecular complexity index is 246. The third-order valence-electron chi connectivity index (χ3n) is 2.69. The number of nitrogens with one attached hydrogen (secondary N) is 1. The molecule has 16 heavy (non-hydrogen) atoms. The minimum Gasteiger partial charge on any atom is -0.468 e. The number of nitrogens with zero attached hydrogens (tertiary/aromatic N) is 1. The van der Waals surface area contributed by atoms with E-state index in [0.717, 1.165) is 25.4 Å². The molecule has 0 unspecified atom stereocenters. The second-order valence-electron chi connectivity index (χ2n) is 4.27. The molecule has 92 valence electrons. The van der Waals surface area contributed by atoms with Crippen molar-refractivity contribution in [2.24, 2.45) is 0 Å². The lowest BCUT2D eigenvalue weighted by molar-refractivity contribution is 0.320. The van der Waals surface area contributed by atoms with E-state index in [0.29, 0.717) is 0 Å². The molecule has 0 fully saturated rings. The van der Waals surface area contributed by atoms with Gasteiger partial charge in [0.05, 0.1) is 12.8 Å². The van der Waals surface area contributed by atoms with Gasteiger partial charge in [-0.3, -0.25) is 0 Å². The van der Waals surface area contributed by atoms with Crippen molar-refractivity contribution in [2.45, 2.75) is 32.7 Å². The Balaban J connectivity index is 1.94. The molecule has 3 nitrogen and oxygen atoms in total. The van der Waals surface area contributed by atoms with Gasteiger partial charge in [-0.05, 0) is 32.1 Å². The Labute approximate surface area is 98.8 Å². The van der Waals surface area contributed by atoms with Crippen molar-refractivity contribution in [3.05, 3.63) is 24.2 Å². The first-order chi connectivity index (χ1) is 7.83. The van der Waals surface area contributed by atoms with Gasteiger partial charge >= 0.3 is 0 Å². The van der Waals surface area contributed by atoms with Crippen LogP contribution < -0.4 is 5.32 Å². The summed E-state index contributed by atoms with van der Waals surface area (Å²) in [6, 6.07) is 3.92. The van der Waals surface area contributed by atoms with Gasteiger partial charge in [0, 0.05) is 13.1 Å². The van der Waals surface area contributed by atoms with Gasteiger partial charge in [0.2, 0.25) is 0 Å². The molecule has 1 rings (SSSR count). The van der Waals surface area contributed by atoms with Crippen LogP contribution in [-0.4, -0.2) is 31.6 Å². The third kappa shape index (κ3) is 5.93. The van der Waals surface area contributed by atoms with Crippen molar-refractivity contribution in [1.82, 2.24) is 10.2 Å². The van der Waals surface area contributed by atoms with Gasteiger partial charge in [-0.25, -0.2) is 0 Å². The number of hydrogen-bond donors (Lipinski definition) is 1. The molecule has 0 amide bonds. The van der Waals surface area contributed by atoms with Crippen LogP contribution in [0.1, 0.15) is 31.9 Å². The zero-order valence-corrected chi connectivity index (χ0v) is 10.5. The number of furan rings is 1. The molecule has 1 aromatic rings. The van der Waals surface area contributed by atoms with E-state index >= 15 is 0 Å². The van der Waals surface area contributed by atoms with Gasteiger partial charge < -0.3 is 14.6 Å².